The predicted octanol–water partition coefficient (Wildman–Crippen LogP) is 7.72. The summed E-state index contributed by atoms with van der Waals surface area (Å²) in [6.45, 7) is 3.97. The van der Waals surface area contributed by atoms with E-state index >= 15 is 0 Å². The van der Waals surface area contributed by atoms with Crippen molar-refractivity contribution in [1.29, 1.82) is 0 Å². The molecule has 0 nitrogen and oxygen atoms in total. The molecule has 0 N–H and O–H groups in total. The number of aryl methyl sites for hydroxylation is 5. The van der Waals surface area contributed by atoms with Gasteiger partial charge in [0.15, 0.2) is 0 Å². The summed E-state index contributed by atoms with van der Waals surface area (Å²) in [5.41, 5.74) is 3.48. The van der Waals surface area contributed by atoms with Crippen molar-refractivity contribution in [2.24, 2.45) is 0 Å². The number of rotatable bonds is 10. The van der Waals surface area contributed by atoms with Crippen LogP contribution in [0, 0.1) is 23.3 Å². The van der Waals surface area contributed by atoms with Gasteiger partial charge in [-0.15, -0.1) is 0 Å². The van der Waals surface area contributed by atoms with Crippen molar-refractivity contribution in [3.8, 4) is 0 Å². The summed E-state index contributed by atoms with van der Waals surface area (Å²) in [6, 6.07) is 13.0. The Kier molecular flexibility index (Phi) is 8.49. The second-order valence-corrected chi connectivity index (χ2v) is 8.39. The molecule has 0 spiro atoms. The summed E-state index contributed by atoms with van der Waals surface area (Å²) in [7, 11) is 0. The molecule has 3 rings (SSSR count). The maximum atomic E-state index is 14.6. The van der Waals surface area contributed by atoms with Crippen molar-refractivity contribution in [1.82, 2.24) is 0 Å². The van der Waals surface area contributed by atoms with Gasteiger partial charge in [-0.25, -0.2) is 17.6 Å². The van der Waals surface area contributed by atoms with E-state index in [1.807, 2.05) is 19.9 Å². The summed E-state index contributed by atoms with van der Waals surface area (Å²) in [6.07, 6.45) is 4.57. The first-order chi connectivity index (χ1) is 15.4. The molecule has 0 atom stereocenters. The van der Waals surface area contributed by atoms with Crippen molar-refractivity contribution in [2.75, 3.05) is 0 Å². The van der Waals surface area contributed by atoms with Crippen LogP contribution in [0.2, 0.25) is 0 Å². The number of hydrogen-bond acceptors (Lipinski definition) is 0. The van der Waals surface area contributed by atoms with E-state index in [0.717, 1.165) is 18.4 Å². The van der Waals surface area contributed by atoms with E-state index in [-0.39, 0.29) is 23.6 Å². The molecular formula is C28H30F4. The van der Waals surface area contributed by atoms with Gasteiger partial charge >= 0.3 is 0 Å². The van der Waals surface area contributed by atoms with Crippen molar-refractivity contribution in [3.05, 3.63) is 105 Å². The van der Waals surface area contributed by atoms with Crippen molar-refractivity contribution < 1.29 is 17.6 Å². The van der Waals surface area contributed by atoms with Crippen LogP contribution >= 0.6 is 0 Å². The predicted molar refractivity (Wildman–Crippen MR) is 122 cm³/mol. The average Bonchev–Trinajstić information content (AvgIpc) is 2.74. The molecule has 0 aliphatic rings. The minimum absolute atomic E-state index is 0.0443. The molecule has 170 valence electrons. The molecule has 32 heavy (non-hydrogen) atoms. The highest BCUT2D eigenvalue weighted by molar-refractivity contribution is 5.30. The van der Waals surface area contributed by atoms with E-state index in [1.165, 1.54) is 24.3 Å². The monoisotopic (exact) mass is 442 g/mol. The molecule has 0 saturated carbocycles. The van der Waals surface area contributed by atoms with Gasteiger partial charge in [0.25, 0.3) is 0 Å². The third-order valence-corrected chi connectivity index (χ3v) is 5.84. The summed E-state index contributed by atoms with van der Waals surface area (Å²) in [4.78, 5) is 0. The van der Waals surface area contributed by atoms with Gasteiger partial charge in [-0.05, 0) is 90.6 Å². The minimum Gasteiger partial charge on any atom is -0.207 e. The third-order valence-electron chi connectivity index (χ3n) is 5.84. The highest BCUT2D eigenvalue weighted by Crippen LogP contribution is 2.21. The molecule has 0 amide bonds. The lowest BCUT2D eigenvalue weighted by Gasteiger charge is -2.10. The Balaban J connectivity index is 1.61. The second kappa shape index (κ2) is 11.3. The maximum Gasteiger partial charge on any atom is 0.129 e. The Bertz CT molecular complexity index is 1030. The molecule has 3 aromatic carbocycles. The van der Waals surface area contributed by atoms with Gasteiger partial charge in [0, 0.05) is 5.56 Å². The van der Waals surface area contributed by atoms with Gasteiger partial charge < -0.3 is 0 Å². The number of benzene rings is 3. The summed E-state index contributed by atoms with van der Waals surface area (Å²) in [5.74, 6) is -1.63. The molecule has 4 heteroatoms. The van der Waals surface area contributed by atoms with Crippen LogP contribution in [0.1, 0.15) is 60.1 Å². The van der Waals surface area contributed by atoms with Crippen LogP contribution in [0.15, 0.2) is 48.5 Å². The molecule has 0 fully saturated rings. The fraction of sp³-hybridized carbons (Fsp3) is 0.357. The Morgan fingerprint density at radius 1 is 0.469 bits per heavy atom. The molecule has 0 saturated heterocycles. The molecule has 0 unspecified atom stereocenters. The zero-order valence-electron chi connectivity index (χ0n) is 18.8. The minimum atomic E-state index is -0.539. The van der Waals surface area contributed by atoms with Crippen LogP contribution in [0.3, 0.4) is 0 Å². The van der Waals surface area contributed by atoms with Crippen LogP contribution in [0.4, 0.5) is 17.6 Å². The van der Waals surface area contributed by atoms with Crippen LogP contribution in [-0.2, 0) is 38.5 Å². The first-order valence-electron chi connectivity index (χ1n) is 11.4. The summed E-state index contributed by atoms with van der Waals surface area (Å²) in [5, 5.41) is 0. The fourth-order valence-corrected chi connectivity index (χ4v) is 4.04. The highest BCUT2D eigenvalue weighted by atomic mass is 19.1. The molecule has 0 aromatic heterocycles. The van der Waals surface area contributed by atoms with Crippen molar-refractivity contribution in [2.45, 2.75) is 65.2 Å². The first kappa shape index (κ1) is 24.0. The molecule has 0 bridgehead atoms. The molecule has 0 aliphatic carbocycles. The molecule has 0 radical (unpaired) electrons. The Hall–Kier alpha value is -2.62. The fourth-order valence-electron chi connectivity index (χ4n) is 4.04. The van der Waals surface area contributed by atoms with Gasteiger partial charge in [0.05, 0.1) is 0 Å². The van der Waals surface area contributed by atoms with E-state index < -0.39 is 11.6 Å². The third kappa shape index (κ3) is 6.21. The van der Waals surface area contributed by atoms with E-state index in [4.69, 9.17) is 0 Å². The van der Waals surface area contributed by atoms with Crippen LogP contribution in [0.5, 0.6) is 0 Å². The summed E-state index contributed by atoms with van der Waals surface area (Å²) < 4.78 is 57.3. The van der Waals surface area contributed by atoms with Crippen LogP contribution < -0.4 is 0 Å². The van der Waals surface area contributed by atoms with E-state index in [2.05, 4.69) is 0 Å². The maximum absolute atomic E-state index is 14.6. The van der Waals surface area contributed by atoms with Crippen LogP contribution in [-0.4, -0.2) is 0 Å². The lowest BCUT2D eigenvalue weighted by molar-refractivity contribution is 0.550. The average molecular weight is 443 g/mol. The summed E-state index contributed by atoms with van der Waals surface area (Å²) >= 11 is 0. The Morgan fingerprint density at radius 2 is 0.938 bits per heavy atom. The lowest BCUT2D eigenvalue weighted by Crippen LogP contribution is -2.02. The topological polar surface area (TPSA) is 0 Å². The SMILES string of the molecule is CCCc1cc(F)c(CCc2ccc(CCc3ccc(CCC)c(F)c3)c(F)c2)c(F)c1. The van der Waals surface area contributed by atoms with E-state index in [9.17, 15) is 17.6 Å². The second-order valence-electron chi connectivity index (χ2n) is 8.39. The molecular weight excluding hydrogens is 412 g/mol. The quantitative estimate of drug-likeness (QED) is 0.282. The zero-order chi connectivity index (χ0) is 23.1. The number of halogens is 4. The van der Waals surface area contributed by atoms with Gasteiger partial charge in [-0.3, -0.25) is 0 Å². The van der Waals surface area contributed by atoms with Gasteiger partial charge in [0.2, 0.25) is 0 Å². The van der Waals surface area contributed by atoms with E-state index in [0.29, 0.717) is 54.4 Å². The van der Waals surface area contributed by atoms with E-state index in [1.54, 1.807) is 18.2 Å². The Morgan fingerprint density at radius 3 is 1.44 bits per heavy atom. The van der Waals surface area contributed by atoms with Crippen LogP contribution in [0.25, 0.3) is 0 Å². The van der Waals surface area contributed by atoms with Crippen molar-refractivity contribution in [3.63, 3.8) is 0 Å². The molecule has 0 aliphatic heterocycles. The zero-order valence-corrected chi connectivity index (χ0v) is 18.8. The van der Waals surface area contributed by atoms with Crippen molar-refractivity contribution >= 4 is 0 Å². The normalized spacial score (nSPS) is 11.2. The number of hydrogen-bond donors (Lipinski definition) is 0. The van der Waals surface area contributed by atoms with Gasteiger partial charge in [0.1, 0.15) is 23.3 Å². The van der Waals surface area contributed by atoms with Gasteiger partial charge in [-0.2, -0.15) is 0 Å². The highest BCUT2D eigenvalue weighted by Gasteiger charge is 2.12. The standard InChI is InChI=1S/C28H30F4/c1-3-5-21-17-27(31)24(28(32)18-21)14-10-20-9-13-23(26(30)16-20)12-8-19-7-11-22(6-4-2)25(29)15-19/h7,9,11,13,15-18H,3-6,8,10,12,14H2,1-2H3. The molecule has 3 aromatic rings. The lowest BCUT2D eigenvalue weighted by atomic mass is 9.98. The Labute approximate surface area is 188 Å². The van der Waals surface area contributed by atoms with Gasteiger partial charge in [-0.1, -0.05) is 51.0 Å². The largest absolute Gasteiger partial charge is 0.207 e. The molecule has 0 heterocycles. The smallest absolute Gasteiger partial charge is 0.129 e. The first-order valence-corrected chi connectivity index (χ1v) is 11.4.